The summed E-state index contributed by atoms with van der Waals surface area (Å²) < 4.78 is 20.2. The van der Waals surface area contributed by atoms with E-state index in [0.717, 1.165) is 4.47 Å². The maximum Gasteiger partial charge on any atom is 0.227 e. The second-order valence-electron chi connectivity index (χ2n) is 5.76. The van der Waals surface area contributed by atoms with Crippen molar-refractivity contribution in [1.29, 1.82) is 0 Å². The molecule has 0 saturated heterocycles. The van der Waals surface area contributed by atoms with E-state index >= 15 is 0 Å². The fourth-order valence-corrected chi connectivity index (χ4v) is 3.80. The van der Waals surface area contributed by atoms with Gasteiger partial charge >= 0.3 is 0 Å². The van der Waals surface area contributed by atoms with Crippen molar-refractivity contribution in [2.45, 2.75) is 0 Å². The number of halogens is 3. The lowest BCUT2D eigenvalue weighted by Gasteiger charge is -2.02. The third-order valence-electron chi connectivity index (χ3n) is 3.87. The highest BCUT2D eigenvalue weighted by molar-refractivity contribution is 9.11. The monoisotopic (exact) mass is 488 g/mol. The van der Waals surface area contributed by atoms with Gasteiger partial charge in [-0.2, -0.15) is 0 Å². The topological polar surface area (TPSA) is 58.6 Å². The van der Waals surface area contributed by atoms with Gasteiger partial charge in [0.1, 0.15) is 17.1 Å². The van der Waals surface area contributed by atoms with E-state index in [2.05, 4.69) is 41.8 Å². The summed E-state index contributed by atoms with van der Waals surface area (Å²) in [6, 6.07) is 14.8. The molecule has 134 valence electrons. The molecule has 0 bridgehead atoms. The Morgan fingerprint density at radius 1 is 1.04 bits per heavy atom. The van der Waals surface area contributed by atoms with Gasteiger partial charge in [-0.1, -0.05) is 15.9 Å². The van der Waals surface area contributed by atoms with Crippen LogP contribution in [0.25, 0.3) is 22.6 Å². The second-order valence-corrected chi connectivity index (χ2v) is 7.53. The third-order valence-corrected chi connectivity index (χ3v) is 4.94. The lowest BCUT2D eigenvalue weighted by molar-refractivity contribution is 0.471. The Bertz CT molecular complexity index is 1170. The number of benzene rings is 3. The Labute approximate surface area is 170 Å². The number of oxazole rings is 1. The van der Waals surface area contributed by atoms with Gasteiger partial charge in [0.15, 0.2) is 5.58 Å². The molecule has 1 aromatic heterocycles. The van der Waals surface area contributed by atoms with E-state index in [-0.39, 0.29) is 11.6 Å². The van der Waals surface area contributed by atoms with Gasteiger partial charge in [-0.15, -0.1) is 0 Å². The summed E-state index contributed by atoms with van der Waals surface area (Å²) in [5.74, 6) is 0.219. The number of phenolic OH excluding ortho intramolecular Hbond substituents is 1. The number of aromatic hydroxyl groups is 1. The molecule has 7 heteroatoms. The SMILES string of the molecule is Oc1c(Br)cc(Br)cc1C=Nc1ccc2oc(-c3ccc(F)cc3)nc2c1. The summed E-state index contributed by atoms with van der Waals surface area (Å²) in [5, 5.41) is 10.1. The minimum atomic E-state index is -0.311. The summed E-state index contributed by atoms with van der Waals surface area (Å²) >= 11 is 6.68. The maximum absolute atomic E-state index is 13.1. The normalized spacial score (nSPS) is 11.5. The molecule has 4 rings (SSSR count). The molecule has 0 saturated carbocycles. The van der Waals surface area contributed by atoms with E-state index < -0.39 is 0 Å². The summed E-state index contributed by atoms with van der Waals surface area (Å²) in [7, 11) is 0. The van der Waals surface area contributed by atoms with Crippen molar-refractivity contribution in [2.75, 3.05) is 0 Å². The minimum Gasteiger partial charge on any atom is -0.506 e. The number of aliphatic imine (C=N–C) groups is 1. The average molecular weight is 490 g/mol. The van der Waals surface area contributed by atoms with E-state index in [1.165, 1.54) is 12.1 Å². The van der Waals surface area contributed by atoms with Crippen LogP contribution in [0.1, 0.15) is 5.56 Å². The molecule has 27 heavy (non-hydrogen) atoms. The molecule has 1 heterocycles. The molecular formula is C20H11Br2FN2O2. The van der Waals surface area contributed by atoms with E-state index in [0.29, 0.717) is 38.3 Å². The first kappa shape index (κ1) is 17.9. The van der Waals surface area contributed by atoms with E-state index in [1.807, 2.05) is 0 Å². The second kappa shape index (κ2) is 7.25. The predicted molar refractivity (Wildman–Crippen MR) is 110 cm³/mol. The molecule has 0 aliphatic heterocycles. The highest BCUT2D eigenvalue weighted by Crippen LogP contribution is 2.31. The molecule has 0 aliphatic carbocycles. The van der Waals surface area contributed by atoms with Gasteiger partial charge in [-0.05, 0) is 70.5 Å². The van der Waals surface area contributed by atoms with Crippen LogP contribution in [0.3, 0.4) is 0 Å². The molecule has 0 spiro atoms. The van der Waals surface area contributed by atoms with Gasteiger partial charge in [0, 0.05) is 21.8 Å². The van der Waals surface area contributed by atoms with Crippen molar-refractivity contribution in [2.24, 2.45) is 4.99 Å². The van der Waals surface area contributed by atoms with Crippen LogP contribution >= 0.6 is 31.9 Å². The Kier molecular flexibility index (Phi) is 4.80. The van der Waals surface area contributed by atoms with Crippen LogP contribution in [-0.4, -0.2) is 16.3 Å². The van der Waals surface area contributed by atoms with Gasteiger partial charge < -0.3 is 9.52 Å². The van der Waals surface area contributed by atoms with Crippen molar-refractivity contribution >= 4 is 54.9 Å². The number of phenols is 1. The van der Waals surface area contributed by atoms with Gasteiger partial charge in [0.05, 0.1) is 10.2 Å². The van der Waals surface area contributed by atoms with Gasteiger partial charge in [0.25, 0.3) is 0 Å². The lowest BCUT2D eigenvalue weighted by Crippen LogP contribution is -1.84. The molecule has 0 aliphatic rings. The summed E-state index contributed by atoms with van der Waals surface area (Å²) in [5.41, 5.74) is 3.19. The van der Waals surface area contributed by atoms with Crippen LogP contribution in [0.5, 0.6) is 5.75 Å². The zero-order chi connectivity index (χ0) is 19.0. The van der Waals surface area contributed by atoms with Crippen LogP contribution < -0.4 is 0 Å². The van der Waals surface area contributed by atoms with E-state index in [9.17, 15) is 9.50 Å². The molecule has 0 radical (unpaired) electrons. The predicted octanol–water partition coefficient (Wildman–Crippen LogP) is 6.62. The molecule has 0 unspecified atom stereocenters. The molecule has 1 N–H and O–H groups in total. The fraction of sp³-hybridized carbons (Fsp3) is 0. The van der Waals surface area contributed by atoms with Crippen molar-refractivity contribution in [3.8, 4) is 17.2 Å². The number of hydrogen-bond acceptors (Lipinski definition) is 4. The van der Waals surface area contributed by atoms with Crippen molar-refractivity contribution in [1.82, 2.24) is 4.98 Å². The van der Waals surface area contributed by atoms with Crippen molar-refractivity contribution in [3.63, 3.8) is 0 Å². The number of nitrogens with zero attached hydrogens (tertiary/aromatic N) is 2. The smallest absolute Gasteiger partial charge is 0.227 e. The molecular weight excluding hydrogens is 479 g/mol. The van der Waals surface area contributed by atoms with Crippen LogP contribution in [0.4, 0.5) is 10.1 Å². The zero-order valence-electron chi connectivity index (χ0n) is 13.7. The number of aromatic nitrogens is 1. The first-order valence-electron chi connectivity index (χ1n) is 7.88. The van der Waals surface area contributed by atoms with Crippen LogP contribution in [-0.2, 0) is 0 Å². The standard InChI is InChI=1S/C20H11Br2FN2O2/c21-13-7-12(19(26)16(22)8-13)10-24-15-5-6-18-17(9-15)25-20(27-18)11-1-3-14(23)4-2-11/h1-10,26H. The summed E-state index contributed by atoms with van der Waals surface area (Å²) in [6.45, 7) is 0. The third kappa shape index (κ3) is 3.79. The fourth-order valence-electron chi connectivity index (χ4n) is 2.54. The molecule has 3 aromatic carbocycles. The Hall–Kier alpha value is -2.51. The average Bonchev–Trinajstić information content (AvgIpc) is 3.07. The highest BCUT2D eigenvalue weighted by Gasteiger charge is 2.09. The molecule has 0 amide bonds. The van der Waals surface area contributed by atoms with Crippen LogP contribution in [0.15, 0.2) is 73.0 Å². The summed E-state index contributed by atoms with van der Waals surface area (Å²) in [6.07, 6.45) is 1.58. The van der Waals surface area contributed by atoms with Gasteiger partial charge in [0.2, 0.25) is 5.89 Å². The first-order chi connectivity index (χ1) is 13.0. The zero-order valence-corrected chi connectivity index (χ0v) is 16.8. The molecule has 4 nitrogen and oxygen atoms in total. The van der Waals surface area contributed by atoms with Gasteiger partial charge in [-0.25, -0.2) is 9.37 Å². The Morgan fingerprint density at radius 3 is 2.59 bits per heavy atom. The quantitative estimate of drug-likeness (QED) is 0.329. The number of hydrogen-bond donors (Lipinski definition) is 1. The van der Waals surface area contributed by atoms with E-state index in [1.54, 1.807) is 48.7 Å². The minimum absolute atomic E-state index is 0.114. The van der Waals surface area contributed by atoms with Crippen molar-refractivity contribution in [3.05, 3.63) is 74.9 Å². The largest absolute Gasteiger partial charge is 0.506 e. The van der Waals surface area contributed by atoms with Crippen LogP contribution in [0, 0.1) is 5.82 Å². The van der Waals surface area contributed by atoms with E-state index in [4.69, 9.17) is 4.42 Å². The lowest BCUT2D eigenvalue weighted by atomic mass is 10.2. The first-order valence-corrected chi connectivity index (χ1v) is 9.47. The highest BCUT2D eigenvalue weighted by atomic mass is 79.9. The van der Waals surface area contributed by atoms with Crippen molar-refractivity contribution < 1.29 is 13.9 Å². The number of rotatable bonds is 3. The molecule has 4 aromatic rings. The Morgan fingerprint density at radius 2 is 1.81 bits per heavy atom. The van der Waals surface area contributed by atoms with Crippen LogP contribution in [0.2, 0.25) is 0 Å². The summed E-state index contributed by atoms with van der Waals surface area (Å²) in [4.78, 5) is 8.85. The molecule has 0 atom stereocenters. The van der Waals surface area contributed by atoms with Gasteiger partial charge in [-0.3, -0.25) is 4.99 Å². The maximum atomic E-state index is 13.1. The number of fused-ring (bicyclic) bond motifs is 1. The molecule has 0 fully saturated rings. The Balaban J connectivity index is 1.67.